The number of carbonyl (C=O) groups is 1. The summed E-state index contributed by atoms with van der Waals surface area (Å²) in [7, 11) is 0. The number of piperidine rings is 1. The molecule has 0 aromatic carbocycles. The van der Waals surface area contributed by atoms with Crippen LogP contribution in [0.4, 0.5) is 0 Å². The van der Waals surface area contributed by atoms with Crippen molar-refractivity contribution in [3.8, 4) is 0 Å². The molecule has 0 aromatic heterocycles. The second-order valence-corrected chi connectivity index (χ2v) is 4.87. The summed E-state index contributed by atoms with van der Waals surface area (Å²) in [4.78, 5) is 14.2. The number of allylic oxidation sites excluding steroid dienone is 2. The van der Waals surface area contributed by atoms with Gasteiger partial charge in [0.15, 0.2) is 0 Å². The van der Waals surface area contributed by atoms with Crippen molar-refractivity contribution >= 4 is 5.91 Å². The van der Waals surface area contributed by atoms with Gasteiger partial charge in [0.1, 0.15) is 0 Å². The molecular formula is C14H21NO. The number of amides is 1. The first-order chi connectivity index (χ1) is 7.76. The van der Waals surface area contributed by atoms with E-state index in [0.717, 1.165) is 19.3 Å². The highest BCUT2D eigenvalue weighted by atomic mass is 16.2. The van der Waals surface area contributed by atoms with Crippen LogP contribution >= 0.6 is 0 Å². The Morgan fingerprint density at radius 1 is 1.44 bits per heavy atom. The van der Waals surface area contributed by atoms with Crippen LogP contribution in [0, 0.1) is 0 Å². The summed E-state index contributed by atoms with van der Waals surface area (Å²) < 4.78 is 0. The van der Waals surface area contributed by atoms with Gasteiger partial charge in [-0.2, -0.15) is 0 Å². The third kappa shape index (κ3) is 2.06. The van der Waals surface area contributed by atoms with Crippen molar-refractivity contribution in [1.29, 1.82) is 0 Å². The van der Waals surface area contributed by atoms with Gasteiger partial charge in [-0.1, -0.05) is 17.7 Å². The molecule has 0 saturated carbocycles. The van der Waals surface area contributed by atoms with Crippen LogP contribution in [0.5, 0.6) is 0 Å². The predicted molar refractivity (Wildman–Crippen MR) is 66.1 cm³/mol. The molecule has 0 aromatic rings. The second kappa shape index (κ2) is 4.86. The summed E-state index contributed by atoms with van der Waals surface area (Å²) >= 11 is 0. The van der Waals surface area contributed by atoms with E-state index in [2.05, 4.69) is 24.5 Å². The van der Waals surface area contributed by atoms with Crippen molar-refractivity contribution in [3.63, 3.8) is 0 Å². The molecule has 2 fully saturated rings. The topological polar surface area (TPSA) is 20.3 Å². The maximum atomic E-state index is 12.1. The van der Waals surface area contributed by atoms with Gasteiger partial charge in [-0.3, -0.25) is 4.79 Å². The van der Waals surface area contributed by atoms with Gasteiger partial charge in [0, 0.05) is 18.5 Å². The minimum Gasteiger partial charge on any atom is -0.336 e. The largest absolute Gasteiger partial charge is 0.336 e. The molecule has 0 aliphatic carbocycles. The van der Waals surface area contributed by atoms with E-state index >= 15 is 0 Å². The van der Waals surface area contributed by atoms with E-state index in [-0.39, 0.29) is 0 Å². The lowest BCUT2D eigenvalue weighted by atomic mass is 9.96. The minimum absolute atomic E-state index is 0.336. The first-order valence-corrected chi connectivity index (χ1v) is 6.32. The van der Waals surface area contributed by atoms with Crippen molar-refractivity contribution in [2.24, 2.45) is 0 Å². The Bertz CT molecular complexity index is 303. The van der Waals surface area contributed by atoms with Gasteiger partial charge in [0.05, 0.1) is 0 Å². The van der Waals surface area contributed by atoms with Crippen LogP contribution in [-0.2, 0) is 4.79 Å². The van der Waals surface area contributed by atoms with Crippen molar-refractivity contribution in [2.45, 2.75) is 57.5 Å². The molecule has 16 heavy (non-hydrogen) atoms. The molecule has 2 bridgehead atoms. The molecule has 2 saturated heterocycles. The van der Waals surface area contributed by atoms with E-state index in [1.54, 1.807) is 5.57 Å². The molecule has 2 aliphatic rings. The predicted octanol–water partition coefficient (Wildman–Crippen LogP) is 3.05. The standard InChI is InChI=1S/C14H21NO/c1-3-5-6-14(16)15-12-7-8-13(15)10-11(4-2)9-12/h3-4,12-13H,1,5-10H2,2H3. The van der Waals surface area contributed by atoms with Gasteiger partial charge in [-0.15, -0.1) is 6.58 Å². The van der Waals surface area contributed by atoms with Crippen LogP contribution in [0.25, 0.3) is 0 Å². The Balaban J connectivity index is 2.02. The fourth-order valence-electron chi connectivity index (χ4n) is 3.05. The number of hydrogen-bond acceptors (Lipinski definition) is 1. The zero-order valence-corrected chi connectivity index (χ0v) is 10.1. The molecule has 0 spiro atoms. The fourth-order valence-corrected chi connectivity index (χ4v) is 3.05. The molecular weight excluding hydrogens is 198 g/mol. The van der Waals surface area contributed by atoms with Gasteiger partial charge in [0.25, 0.3) is 0 Å². The van der Waals surface area contributed by atoms with Crippen LogP contribution < -0.4 is 0 Å². The van der Waals surface area contributed by atoms with E-state index < -0.39 is 0 Å². The lowest BCUT2D eigenvalue weighted by Crippen LogP contribution is -2.44. The molecule has 2 unspecified atom stereocenters. The number of rotatable bonds is 3. The summed E-state index contributed by atoms with van der Waals surface area (Å²) in [6, 6.07) is 0.976. The molecule has 2 nitrogen and oxygen atoms in total. The molecule has 2 heteroatoms. The van der Waals surface area contributed by atoms with Crippen molar-refractivity contribution in [3.05, 3.63) is 24.3 Å². The average Bonchev–Trinajstić information content (AvgIpc) is 2.57. The van der Waals surface area contributed by atoms with Gasteiger partial charge >= 0.3 is 0 Å². The van der Waals surface area contributed by atoms with E-state index in [4.69, 9.17) is 0 Å². The van der Waals surface area contributed by atoms with Crippen molar-refractivity contribution in [1.82, 2.24) is 4.90 Å². The first kappa shape index (κ1) is 11.4. The van der Waals surface area contributed by atoms with E-state index in [1.165, 1.54) is 12.8 Å². The lowest BCUT2D eigenvalue weighted by molar-refractivity contribution is -0.134. The van der Waals surface area contributed by atoms with Crippen LogP contribution in [-0.4, -0.2) is 22.9 Å². The summed E-state index contributed by atoms with van der Waals surface area (Å²) in [5.74, 6) is 0.336. The third-order valence-electron chi connectivity index (χ3n) is 3.87. The summed E-state index contributed by atoms with van der Waals surface area (Å²) in [6.45, 7) is 5.79. The monoisotopic (exact) mass is 219 g/mol. The Morgan fingerprint density at radius 2 is 2.06 bits per heavy atom. The molecule has 2 atom stereocenters. The number of hydrogen-bond donors (Lipinski definition) is 0. The molecule has 1 amide bonds. The molecule has 88 valence electrons. The van der Waals surface area contributed by atoms with E-state index in [0.29, 0.717) is 24.4 Å². The minimum atomic E-state index is 0.336. The van der Waals surface area contributed by atoms with Gasteiger partial charge < -0.3 is 4.90 Å². The summed E-state index contributed by atoms with van der Waals surface area (Å²) in [5, 5.41) is 0. The van der Waals surface area contributed by atoms with Crippen LogP contribution in [0.3, 0.4) is 0 Å². The first-order valence-electron chi connectivity index (χ1n) is 6.32. The maximum Gasteiger partial charge on any atom is 0.223 e. The van der Waals surface area contributed by atoms with Crippen LogP contribution in [0.1, 0.15) is 45.4 Å². The Labute approximate surface area is 98.0 Å². The normalized spacial score (nSPS) is 28.1. The van der Waals surface area contributed by atoms with Crippen molar-refractivity contribution < 1.29 is 4.79 Å². The molecule has 0 N–H and O–H groups in total. The Hall–Kier alpha value is -1.05. The highest BCUT2D eigenvalue weighted by Gasteiger charge is 2.40. The number of fused-ring (bicyclic) bond motifs is 2. The number of carbonyl (C=O) groups excluding carboxylic acids is 1. The number of nitrogens with zero attached hydrogens (tertiary/aromatic N) is 1. The zero-order valence-electron chi connectivity index (χ0n) is 10.1. The summed E-state index contributed by atoms with van der Waals surface area (Å²) in [5.41, 5.74) is 1.54. The molecule has 2 aliphatic heterocycles. The highest BCUT2D eigenvalue weighted by molar-refractivity contribution is 5.77. The third-order valence-corrected chi connectivity index (χ3v) is 3.87. The highest BCUT2D eigenvalue weighted by Crippen LogP contribution is 2.38. The quantitative estimate of drug-likeness (QED) is 0.668. The van der Waals surface area contributed by atoms with Crippen molar-refractivity contribution in [2.75, 3.05) is 0 Å². The summed E-state index contributed by atoms with van der Waals surface area (Å²) in [6.07, 6.45) is 10.1. The van der Waals surface area contributed by atoms with E-state index in [1.807, 2.05) is 6.08 Å². The zero-order chi connectivity index (χ0) is 11.5. The smallest absolute Gasteiger partial charge is 0.223 e. The fraction of sp³-hybridized carbons (Fsp3) is 0.643. The Kier molecular flexibility index (Phi) is 3.47. The van der Waals surface area contributed by atoms with E-state index in [9.17, 15) is 4.79 Å². The Morgan fingerprint density at radius 3 is 2.56 bits per heavy atom. The lowest BCUT2D eigenvalue weighted by Gasteiger charge is -2.36. The van der Waals surface area contributed by atoms with Gasteiger partial charge in [-0.25, -0.2) is 0 Å². The van der Waals surface area contributed by atoms with Crippen LogP contribution in [0.15, 0.2) is 24.3 Å². The van der Waals surface area contributed by atoms with Crippen LogP contribution in [0.2, 0.25) is 0 Å². The maximum absolute atomic E-state index is 12.1. The molecule has 0 radical (unpaired) electrons. The van der Waals surface area contributed by atoms with Gasteiger partial charge in [-0.05, 0) is 39.0 Å². The average molecular weight is 219 g/mol. The second-order valence-electron chi connectivity index (χ2n) is 4.87. The molecule has 2 heterocycles. The molecule has 2 rings (SSSR count). The SMILES string of the molecule is C=CCCC(=O)N1C2CCC1CC(=CC)C2. The van der Waals surface area contributed by atoms with Gasteiger partial charge in [0.2, 0.25) is 5.91 Å².